The second kappa shape index (κ2) is 7.16. The van der Waals surface area contributed by atoms with Crippen molar-refractivity contribution >= 4 is 16.9 Å². The molecule has 0 amide bonds. The zero-order valence-corrected chi connectivity index (χ0v) is 15.4. The van der Waals surface area contributed by atoms with Crippen molar-refractivity contribution < 1.29 is 9.26 Å². The molecule has 0 aliphatic heterocycles. The number of benzene rings is 1. The molecule has 1 N–H and O–H groups in total. The number of aromatic amines is 1. The lowest BCUT2D eigenvalue weighted by atomic mass is 10.2. The molecule has 0 aliphatic carbocycles. The molecule has 8 nitrogen and oxygen atoms in total. The summed E-state index contributed by atoms with van der Waals surface area (Å²) in [5.41, 5.74) is 3.99. The molecule has 0 saturated carbocycles. The quantitative estimate of drug-likeness (QED) is 0.562. The van der Waals surface area contributed by atoms with Crippen molar-refractivity contribution in [3.05, 3.63) is 53.7 Å². The molecule has 3 aromatic heterocycles. The van der Waals surface area contributed by atoms with Gasteiger partial charge in [0.15, 0.2) is 5.82 Å². The Labute approximate surface area is 156 Å². The Morgan fingerprint density at radius 2 is 2.07 bits per heavy atom. The van der Waals surface area contributed by atoms with E-state index in [9.17, 15) is 0 Å². The first-order valence-electron chi connectivity index (χ1n) is 8.57. The molecule has 0 atom stereocenters. The minimum atomic E-state index is 0.314. The molecule has 0 aliphatic rings. The van der Waals surface area contributed by atoms with Crippen LogP contribution in [0.15, 0.2) is 41.1 Å². The van der Waals surface area contributed by atoms with Gasteiger partial charge in [0, 0.05) is 20.4 Å². The smallest absolute Gasteiger partial charge is 0.259 e. The number of H-pyrrole nitrogens is 1. The molecule has 0 spiro atoms. The number of imidazole rings is 1. The number of hydrogen-bond donors (Lipinski definition) is 1. The number of hydrogen-bond acceptors (Lipinski definition) is 7. The van der Waals surface area contributed by atoms with E-state index in [0.29, 0.717) is 24.9 Å². The third-order valence-electron chi connectivity index (χ3n) is 4.20. The lowest BCUT2D eigenvalue weighted by molar-refractivity contribution is 0.174. The van der Waals surface area contributed by atoms with Gasteiger partial charge in [-0.25, -0.2) is 9.97 Å². The van der Waals surface area contributed by atoms with Crippen LogP contribution in [0.5, 0.6) is 0 Å². The number of nitrogens with zero attached hydrogens (tertiary/aromatic N) is 5. The summed E-state index contributed by atoms with van der Waals surface area (Å²) >= 11 is 0. The highest BCUT2D eigenvalue weighted by molar-refractivity contribution is 5.75. The average molecular weight is 364 g/mol. The van der Waals surface area contributed by atoms with E-state index in [0.717, 1.165) is 28.2 Å². The van der Waals surface area contributed by atoms with Crippen LogP contribution >= 0.6 is 0 Å². The van der Waals surface area contributed by atoms with Gasteiger partial charge in [-0.2, -0.15) is 4.98 Å². The summed E-state index contributed by atoms with van der Waals surface area (Å²) in [6, 6.07) is 10.0. The summed E-state index contributed by atoms with van der Waals surface area (Å²) in [6.45, 7) is 3.01. The van der Waals surface area contributed by atoms with Crippen molar-refractivity contribution in [2.24, 2.45) is 0 Å². The lowest BCUT2D eigenvalue weighted by Gasteiger charge is -2.16. The Bertz CT molecular complexity index is 1050. The summed E-state index contributed by atoms with van der Waals surface area (Å²) in [5, 5.41) is 3.86. The Kier molecular flexibility index (Phi) is 4.55. The Morgan fingerprint density at radius 1 is 1.19 bits per heavy atom. The molecule has 1 aromatic carbocycles. The third-order valence-corrected chi connectivity index (χ3v) is 4.20. The SMILES string of the molecule is COCc1noc(-c2ccc(N(C)Cc3nc4ccc(C)cc4[nH]3)nc2)n1. The molecule has 4 rings (SSSR count). The van der Waals surface area contributed by atoms with E-state index in [1.54, 1.807) is 13.3 Å². The molecule has 0 unspecified atom stereocenters. The van der Waals surface area contributed by atoms with E-state index >= 15 is 0 Å². The number of anilines is 1. The maximum atomic E-state index is 5.23. The van der Waals surface area contributed by atoms with Crippen molar-refractivity contribution in [2.75, 3.05) is 19.1 Å². The van der Waals surface area contributed by atoms with Gasteiger partial charge in [-0.15, -0.1) is 0 Å². The monoisotopic (exact) mass is 364 g/mol. The van der Waals surface area contributed by atoms with Gasteiger partial charge in [0.2, 0.25) is 0 Å². The van der Waals surface area contributed by atoms with Crippen molar-refractivity contribution in [1.82, 2.24) is 25.1 Å². The van der Waals surface area contributed by atoms with E-state index in [4.69, 9.17) is 9.26 Å². The molecule has 4 aromatic rings. The number of ether oxygens (including phenoxy) is 1. The standard InChI is InChI=1S/C19H20N6O2/c1-12-4-6-14-15(8-12)22-16(21-14)10-25(2)18-7-5-13(9-20-18)19-23-17(11-26-3)24-27-19/h4-9H,10-11H2,1-3H3,(H,21,22). The second-order valence-electron chi connectivity index (χ2n) is 6.41. The number of rotatable bonds is 6. The first-order valence-corrected chi connectivity index (χ1v) is 8.57. The second-order valence-corrected chi connectivity index (χ2v) is 6.41. The summed E-state index contributed by atoms with van der Waals surface area (Å²) in [5.74, 6) is 2.65. The fourth-order valence-electron chi connectivity index (χ4n) is 2.85. The summed E-state index contributed by atoms with van der Waals surface area (Å²) < 4.78 is 10.2. The first kappa shape index (κ1) is 17.2. The van der Waals surface area contributed by atoms with Crippen LogP contribution in [0.25, 0.3) is 22.5 Å². The molecule has 0 radical (unpaired) electrons. The first-order chi connectivity index (χ1) is 13.1. The molecule has 0 bridgehead atoms. The topological polar surface area (TPSA) is 93.0 Å². The van der Waals surface area contributed by atoms with Crippen LogP contribution in [-0.2, 0) is 17.9 Å². The van der Waals surface area contributed by atoms with Crippen LogP contribution in [0, 0.1) is 6.92 Å². The molecule has 0 saturated heterocycles. The predicted octanol–water partition coefficient (Wildman–Crippen LogP) is 3.10. The number of nitrogens with one attached hydrogen (secondary N) is 1. The van der Waals surface area contributed by atoms with E-state index in [1.165, 1.54) is 5.56 Å². The molecule has 8 heteroatoms. The normalized spacial score (nSPS) is 11.2. The number of aromatic nitrogens is 5. The highest BCUT2D eigenvalue weighted by Crippen LogP contribution is 2.20. The summed E-state index contributed by atoms with van der Waals surface area (Å²) in [4.78, 5) is 18.8. The largest absolute Gasteiger partial charge is 0.377 e. The van der Waals surface area contributed by atoms with E-state index < -0.39 is 0 Å². The Balaban J connectivity index is 1.48. The lowest BCUT2D eigenvalue weighted by Crippen LogP contribution is -2.18. The zero-order valence-electron chi connectivity index (χ0n) is 15.4. The van der Waals surface area contributed by atoms with E-state index in [2.05, 4.69) is 44.1 Å². The minimum Gasteiger partial charge on any atom is -0.377 e. The fourth-order valence-corrected chi connectivity index (χ4v) is 2.85. The van der Waals surface area contributed by atoms with E-state index in [1.807, 2.05) is 30.1 Å². The predicted molar refractivity (Wildman–Crippen MR) is 101 cm³/mol. The van der Waals surface area contributed by atoms with Gasteiger partial charge in [0.05, 0.1) is 23.1 Å². The summed E-state index contributed by atoms with van der Waals surface area (Å²) in [6.07, 6.45) is 1.72. The van der Waals surface area contributed by atoms with Crippen LogP contribution in [-0.4, -0.2) is 39.3 Å². The van der Waals surface area contributed by atoms with Gasteiger partial charge in [0.25, 0.3) is 5.89 Å². The Morgan fingerprint density at radius 3 is 2.85 bits per heavy atom. The molecule has 27 heavy (non-hydrogen) atoms. The van der Waals surface area contributed by atoms with Gasteiger partial charge < -0.3 is 19.1 Å². The van der Waals surface area contributed by atoms with Gasteiger partial charge in [0.1, 0.15) is 18.2 Å². The maximum Gasteiger partial charge on any atom is 0.259 e. The average Bonchev–Trinajstić information content (AvgIpc) is 3.28. The van der Waals surface area contributed by atoms with Crippen molar-refractivity contribution in [2.45, 2.75) is 20.1 Å². The highest BCUT2D eigenvalue weighted by atomic mass is 16.5. The molecular weight excluding hydrogens is 344 g/mol. The van der Waals surface area contributed by atoms with Crippen LogP contribution in [0.3, 0.4) is 0 Å². The number of pyridine rings is 1. The van der Waals surface area contributed by atoms with Crippen molar-refractivity contribution in [1.29, 1.82) is 0 Å². The molecule has 0 fully saturated rings. The third kappa shape index (κ3) is 3.65. The van der Waals surface area contributed by atoms with Crippen molar-refractivity contribution in [3.8, 4) is 11.5 Å². The van der Waals surface area contributed by atoms with Gasteiger partial charge in [-0.1, -0.05) is 11.2 Å². The Hall–Kier alpha value is -3.26. The number of methoxy groups -OCH3 is 1. The summed E-state index contributed by atoms with van der Waals surface area (Å²) in [7, 11) is 3.56. The fraction of sp³-hybridized carbons (Fsp3) is 0.263. The van der Waals surface area contributed by atoms with Gasteiger partial charge >= 0.3 is 0 Å². The van der Waals surface area contributed by atoms with Crippen LogP contribution in [0.1, 0.15) is 17.2 Å². The highest BCUT2D eigenvalue weighted by Gasteiger charge is 2.11. The van der Waals surface area contributed by atoms with Gasteiger partial charge in [-0.05, 0) is 36.8 Å². The molecular formula is C19H20N6O2. The minimum absolute atomic E-state index is 0.314. The zero-order chi connectivity index (χ0) is 18.8. The van der Waals surface area contributed by atoms with Crippen LogP contribution in [0.2, 0.25) is 0 Å². The van der Waals surface area contributed by atoms with Crippen molar-refractivity contribution in [3.63, 3.8) is 0 Å². The van der Waals surface area contributed by atoms with Gasteiger partial charge in [-0.3, -0.25) is 0 Å². The molecule has 3 heterocycles. The van der Waals surface area contributed by atoms with Crippen LogP contribution < -0.4 is 4.90 Å². The maximum absolute atomic E-state index is 5.23. The number of fused-ring (bicyclic) bond motifs is 1. The van der Waals surface area contributed by atoms with E-state index in [-0.39, 0.29) is 0 Å². The molecule has 138 valence electrons. The van der Waals surface area contributed by atoms with Crippen LogP contribution in [0.4, 0.5) is 5.82 Å². The number of aryl methyl sites for hydroxylation is 1.